The zero-order valence-corrected chi connectivity index (χ0v) is 14.8. The first-order valence-electron chi connectivity index (χ1n) is 7.68. The Labute approximate surface area is 149 Å². The maximum atomic E-state index is 12.8. The molecule has 3 aromatic rings. The summed E-state index contributed by atoms with van der Waals surface area (Å²) in [6.45, 7) is 0. The number of ether oxygens (including phenoxy) is 4. The highest BCUT2D eigenvalue weighted by Crippen LogP contribution is 2.43. The van der Waals surface area contributed by atoms with Gasteiger partial charge >= 0.3 is 0 Å². The van der Waals surface area contributed by atoms with Gasteiger partial charge in [-0.25, -0.2) is 0 Å². The molecular weight excluding hydrogens is 340 g/mol. The summed E-state index contributed by atoms with van der Waals surface area (Å²) in [4.78, 5) is 12.8. The fourth-order valence-corrected chi connectivity index (χ4v) is 2.77. The summed E-state index contributed by atoms with van der Waals surface area (Å²) in [6.07, 6.45) is 0. The second-order valence-electron chi connectivity index (χ2n) is 5.36. The molecule has 0 amide bonds. The molecule has 0 aliphatic heterocycles. The van der Waals surface area contributed by atoms with Crippen molar-refractivity contribution in [1.29, 1.82) is 0 Å². The van der Waals surface area contributed by atoms with E-state index in [2.05, 4.69) is 0 Å². The molecule has 0 saturated carbocycles. The van der Waals surface area contributed by atoms with Crippen molar-refractivity contribution < 1.29 is 28.5 Å². The predicted molar refractivity (Wildman–Crippen MR) is 95.8 cm³/mol. The number of aromatic hydroxyl groups is 1. The van der Waals surface area contributed by atoms with E-state index in [0.29, 0.717) is 22.8 Å². The SMILES string of the molecule is COc1cc(-c2oc3c(O)cccc3c(=O)c2OC)cc(OC)c1OC. The Morgan fingerprint density at radius 1 is 0.885 bits per heavy atom. The molecule has 26 heavy (non-hydrogen) atoms. The molecule has 2 aromatic carbocycles. The Morgan fingerprint density at radius 2 is 1.50 bits per heavy atom. The highest BCUT2D eigenvalue weighted by Gasteiger charge is 2.22. The van der Waals surface area contributed by atoms with Crippen LogP contribution in [0.4, 0.5) is 0 Å². The summed E-state index contributed by atoms with van der Waals surface area (Å²) in [6, 6.07) is 7.83. The number of rotatable bonds is 5. The molecule has 0 aliphatic carbocycles. The molecule has 0 saturated heterocycles. The van der Waals surface area contributed by atoms with Gasteiger partial charge in [0.2, 0.25) is 16.9 Å². The van der Waals surface area contributed by atoms with Crippen molar-refractivity contribution in [2.24, 2.45) is 0 Å². The van der Waals surface area contributed by atoms with E-state index in [1.807, 2.05) is 0 Å². The van der Waals surface area contributed by atoms with Crippen molar-refractivity contribution in [3.63, 3.8) is 0 Å². The van der Waals surface area contributed by atoms with Gasteiger partial charge in [-0.1, -0.05) is 6.07 Å². The minimum atomic E-state index is -0.395. The van der Waals surface area contributed by atoms with Gasteiger partial charge in [0.15, 0.2) is 28.6 Å². The van der Waals surface area contributed by atoms with E-state index in [-0.39, 0.29) is 28.2 Å². The Hall–Kier alpha value is -3.35. The molecule has 0 spiro atoms. The third-order valence-electron chi connectivity index (χ3n) is 3.99. The molecule has 0 aliphatic rings. The van der Waals surface area contributed by atoms with E-state index in [4.69, 9.17) is 23.4 Å². The molecule has 0 bridgehead atoms. The summed E-state index contributed by atoms with van der Waals surface area (Å²) < 4.78 is 27.1. The molecule has 0 unspecified atom stereocenters. The van der Waals surface area contributed by atoms with Gasteiger partial charge in [0.05, 0.1) is 33.8 Å². The summed E-state index contributed by atoms with van der Waals surface area (Å²) >= 11 is 0. The standard InChI is InChI=1S/C19H18O7/c1-22-13-8-10(9-14(23-2)18(13)24-3)16-19(25-4)15(21)11-6-5-7-12(20)17(11)26-16/h5-9,20H,1-4H3. The zero-order chi connectivity index (χ0) is 18.8. The molecule has 1 heterocycles. The quantitative estimate of drug-likeness (QED) is 0.749. The highest BCUT2D eigenvalue weighted by atomic mass is 16.5. The summed E-state index contributed by atoms with van der Waals surface area (Å²) in [5.41, 5.74) is 0.147. The highest BCUT2D eigenvalue weighted by molar-refractivity contribution is 5.86. The number of phenols is 1. The molecule has 1 N–H and O–H groups in total. The van der Waals surface area contributed by atoms with Gasteiger partial charge in [0.25, 0.3) is 0 Å². The summed E-state index contributed by atoms with van der Waals surface area (Å²) in [5.74, 6) is 1.20. The monoisotopic (exact) mass is 358 g/mol. The first-order chi connectivity index (χ1) is 12.5. The Morgan fingerprint density at radius 3 is 2.04 bits per heavy atom. The lowest BCUT2D eigenvalue weighted by Crippen LogP contribution is -2.07. The largest absolute Gasteiger partial charge is 0.504 e. The maximum absolute atomic E-state index is 12.8. The van der Waals surface area contributed by atoms with Crippen molar-refractivity contribution in [2.45, 2.75) is 0 Å². The van der Waals surface area contributed by atoms with Crippen LogP contribution in [0.5, 0.6) is 28.7 Å². The average molecular weight is 358 g/mol. The van der Waals surface area contributed by atoms with Crippen LogP contribution in [0.3, 0.4) is 0 Å². The number of methoxy groups -OCH3 is 4. The molecule has 0 radical (unpaired) electrons. The van der Waals surface area contributed by atoms with Gasteiger partial charge in [0.1, 0.15) is 0 Å². The van der Waals surface area contributed by atoms with Crippen molar-refractivity contribution in [3.05, 3.63) is 40.6 Å². The zero-order valence-electron chi connectivity index (χ0n) is 14.8. The lowest BCUT2D eigenvalue weighted by atomic mass is 10.1. The van der Waals surface area contributed by atoms with Gasteiger partial charge in [0, 0.05) is 5.56 Å². The second kappa shape index (κ2) is 6.87. The topological polar surface area (TPSA) is 87.4 Å². The van der Waals surface area contributed by atoms with E-state index in [1.165, 1.54) is 34.5 Å². The van der Waals surface area contributed by atoms with Gasteiger partial charge in [-0.3, -0.25) is 4.79 Å². The smallest absolute Gasteiger partial charge is 0.235 e. The molecule has 136 valence electrons. The van der Waals surface area contributed by atoms with E-state index in [0.717, 1.165) is 0 Å². The van der Waals surface area contributed by atoms with Crippen molar-refractivity contribution in [3.8, 4) is 40.1 Å². The number of benzene rings is 2. The number of hydrogen-bond acceptors (Lipinski definition) is 7. The van der Waals surface area contributed by atoms with Crippen LogP contribution in [-0.2, 0) is 0 Å². The Bertz CT molecular complexity index is 995. The minimum absolute atomic E-state index is 0.0115. The van der Waals surface area contributed by atoms with E-state index in [1.54, 1.807) is 24.3 Å². The third-order valence-corrected chi connectivity index (χ3v) is 3.99. The van der Waals surface area contributed by atoms with Gasteiger partial charge < -0.3 is 28.5 Å². The lowest BCUT2D eigenvalue weighted by molar-refractivity contribution is 0.324. The van der Waals surface area contributed by atoms with Crippen molar-refractivity contribution in [1.82, 2.24) is 0 Å². The molecule has 0 atom stereocenters. The van der Waals surface area contributed by atoms with Gasteiger partial charge in [-0.05, 0) is 24.3 Å². The van der Waals surface area contributed by atoms with Crippen LogP contribution in [0, 0.1) is 0 Å². The molecule has 7 heteroatoms. The van der Waals surface area contributed by atoms with Crippen LogP contribution in [0.25, 0.3) is 22.3 Å². The van der Waals surface area contributed by atoms with E-state index in [9.17, 15) is 9.90 Å². The lowest BCUT2D eigenvalue weighted by Gasteiger charge is -2.15. The number of phenolic OH excluding ortho intramolecular Hbond substituents is 1. The predicted octanol–water partition coefficient (Wildman–Crippen LogP) is 3.20. The van der Waals surface area contributed by atoms with Crippen molar-refractivity contribution >= 4 is 11.0 Å². The molecule has 3 rings (SSSR count). The first-order valence-corrected chi connectivity index (χ1v) is 7.68. The van der Waals surface area contributed by atoms with Crippen LogP contribution in [-0.4, -0.2) is 33.5 Å². The normalized spacial score (nSPS) is 10.6. The Kier molecular flexibility index (Phi) is 4.62. The van der Waals surface area contributed by atoms with E-state index < -0.39 is 5.43 Å². The van der Waals surface area contributed by atoms with Crippen LogP contribution in [0.2, 0.25) is 0 Å². The van der Waals surface area contributed by atoms with Gasteiger partial charge in [-0.15, -0.1) is 0 Å². The number of para-hydroxylation sites is 1. The van der Waals surface area contributed by atoms with Crippen LogP contribution >= 0.6 is 0 Å². The van der Waals surface area contributed by atoms with Crippen LogP contribution < -0.4 is 24.4 Å². The Balaban J connectivity index is 2.38. The summed E-state index contributed by atoms with van der Waals surface area (Å²) in [5, 5.41) is 10.3. The maximum Gasteiger partial charge on any atom is 0.235 e. The number of fused-ring (bicyclic) bond motifs is 1. The number of hydrogen-bond donors (Lipinski definition) is 1. The van der Waals surface area contributed by atoms with Gasteiger partial charge in [-0.2, -0.15) is 0 Å². The molecule has 1 aromatic heterocycles. The van der Waals surface area contributed by atoms with E-state index >= 15 is 0 Å². The molecule has 0 fully saturated rings. The van der Waals surface area contributed by atoms with Crippen LogP contribution in [0.15, 0.2) is 39.5 Å². The fourth-order valence-electron chi connectivity index (χ4n) is 2.77. The fraction of sp³-hybridized carbons (Fsp3) is 0.211. The second-order valence-corrected chi connectivity index (χ2v) is 5.36. The molecular formula is C19H18O7. The first kappa shape index (κ1) is 17.5. The average Bonchev–Trinajstić information content (AvgIpc) is 2.67. The molecule has 7 nitrogen and oxygen atoms in total. The minimum Gasteiger partial charge on any atom is -0.504 e. The van der Waals surface area contributed by atoms with Crippen molar-refractivity contribution in [2.75, 3.05) is 28.4 Å². The third kappa shape index (κ3) is 2.67. The van der Waals surface area contributed by atoms with Crippen LogP contribution in [0.1, 0.15) is 0 Å². The summed E-state index contributed by atoms with van der Waals surface area (Å²) in [7, 11) is 5.85.